The van der Waals surface area contributed by atoms with E-state index in [2.05, 4.69) is 0 Å². The van der Waals surface area contributed by atoms with Gasteiger partial charge in [-0.2, -0.15) is 0 Å². The zero-order valence-corrected chi connectivity index (χ0v) is 7.75. The van der Waals surface area contributed by atoms with Gasteiger partial charge in [0.2, 0.25) is 0 Å². The summed E-state index contributed by atoms with van der Waals surface area (Å²) in [5.41, 5.74) is 0. The van der Waals surface area contributed by atoms with Gasteiger partial charge in [-0.15, -0.1) is 0 Å². The van der Waals surface area contributed by atoms with Gasteiger partial charge in [0.05, 0.1) is 18.9 Å². The molecule has 0 aliphatic carbocycles. The Balaban J connectivity index is 2.30. The minimum Gasteiger partial charge on any atom is -0.385 e. The lowest BCUT2D eigenvalue weighted by Gasteiger charge is -2.14. The topological polar surface area (TPSA) is 18.5 Å². The lowest BCUT2D eigenvalue weighted by Crippen LogP contribution is -2.19. The molecule has 1 heterocycles. The van der Waals surface area contributed by atoms with Gasteiger partial charge in [0.1, 0.15) is 0 Å². The zero-order valence-electron chi connectivity index (χ0n) is 7.75. The number of alkyl halides is 1. The van der Waals surface area contributed by atoms with Crippen LogP contribution in [-0.4, -0.2) is 32.6 Å². The van der Waals surface area contributed by atoms with Crippen molar-refractivity contribution in [3.8, 4) is 0 Å². The summed E-state index contributed by atoms with van der Waals surface area (Å²) >= 11 is 0. The first kappa shape index (κ1) is 9.93. The molecule has 1 aliphatic heterocycles. The van der Waals surface area contributed by atoms with Gasteiger partial charge in [0.15, 0.2) is 0 Å². The predicted molar refractivity (Wildman–Crippen MR) is 44.9 cm³/mol. The van der Waals surface area contributed by atoms with Crippen LogP contribution in [0.4, 0.5) is 4.39 Å². The fourth-order valence-corrected chi connectivity index (χ4v) is 1.74. The summed E-state index contributed by atoms with van der Waals surface area (Å²) in [7, 11) is 1.66. The Hall–Kier alpha value is -0.150. The van der Waals surface area contributed by atoms with E-state index in [4.69, 9.17) is 9.47 Å². The van der Waals surface area contributed by atoms with E-state index < -0.39 is 0 Å². The van der Waals surface area contributed by atoms with Crippen molar-refractivity contribution in [1.82, 2.24) is 0 Å². The number of hydrogen-bond acceptors (Lipinski definition) is 2. The average molecular weight is 176 g/mol. The molecule has 2 unspecified atom stereocenters. The molecule has 3 heteroatoms. The maximum Gasteiger partial charge on any atom is 0.0948 e. The summed E-state index contributed by atoms with van der Waals surface area (Å²) in [6.45, 7) is 2.39. The second-order valence-corrected chi connectivity index (χ2v) is 3.42. The molecule has 0 aromatic carbocycles. The van der Waals surface area contributed by atoms with Gasteiger partial charge in [-0.3, -0.25) is 4.39 Å². The molecule has 0 saturated carbocycles. The average Bonchev–Trinajstić information content (AvgIpc) is 2.42. The molecule has 0 bridgehead atoms. The van der Waals surface area contributed by atoms with Crippen LogP contribution in [-0.2, 0) is 9.47 Å². The van der Waals surface area contributed by atoms with E-state index in [9.17, 15) is 4.39 Å². The van der Waals surface area contributed by atoms with E-state index in [0.717, 1.165) is 12.8 Å². The van der Waals surface area contributed by atoms with Gasteiger partial charge in [-0.1, -0.05) is 0 Å². The molecule has 3 atom stereocenters. The molecule has 0 aromatic heterocycles. The van der Waals surface area contributed by atoms with Gasteiger partial charge < -0.3 is 9.47 Å². The molecule has 12 heavy (non-hydrogen) atoms. The third kappa shape index (κ3) is 2.42. The summed E-state index contributed by atoms with van der Waals surface area (Å²) in [6.07, 6.45) is 1.96. The van der Waals surface area contributed by atoms with Gasteiger partial charge in [-0.05, 0) is 19.8 Å². The SMILES string of the molecule is COCCC1OC(C)C[C@@H]1CF. The van der Waals surface area contributed by atoms with Crippen molar-refractivity contribution in [2.45, 2.75) is 32.0 Å². The summed E-state index contributed by atoms with van der Waals surface area (Å²) in [6, 6.07) is 0. The van der Waals surface area contributed by atoms with Crippen LogP contribution < -0.4 is 0 Å². The molecule has 2 nitrogen and oxygen atoms in total. The van der Waals surface area contributed by atoms with Crippen molar-refractivity contribution in [2.75, 3.05) is 20.4 Å². The fourth-order valence-electron chi connectivity index (χ4n) is 1.74. The Kier molecular flexibility index (Phi) is 3.95. The smallest absolute Gasteiger partial charge is 0.0948 e. The second kappa shape index (κ2) is 4.77. The number of hydrogen-bond donors (Lipinski definition) is 0. The first-order chi connectivity index (χ1) is 5.77. The fraction of sp³-hybridized carbons (Fsp3) is 1.00. The minimum atomic E-state index is -0.265. The number of methoxy groups -OCH3 is 1. The summed E-state index contributed by atoms with van der Waals surface area (Å²) in [5, 5.41) is 0. The first-order valence-electron chi connectivity index (χ1n) is 4.48. The summed E-state index contributed by atoms with van der Waals surface area (Å²) in [4.78, 5) is 0. The van der Waals surface area contributed by atoms with Crippen LogP contribution in [0.15, 0.2) is 0 Å². The zero-order chi connectivity index (χ0) is 8.97. The van der Waals surface area contributed by atoms with Gasteiger partial charge in [0, 0.05) is 19.6 Å². The quantitative estimate of drug-likeness (QED) is 0.650. The van der Waals surface area contributed by atoms with Crippen LogP contribution in [0.25, 0.3) is 0 Å². The highest BCUT2D eigenvalue weighted by molar-refractivity contribution is 4.79. The number of ether oxygens (including phenoxy) is 2. The molecule has 1 fully saturated rings. The molecule has 1 aliphatic rings. The monoisotopic (exact) mass is 176 g/mol. The maximum atomic E-state index is 12.4. The molecule has 1 saturated heterocycles. The van der Waals surface area contributed by atoms with Crippen LogP contribution in [0.2, 0.25) is 0 Å². The van der Waals surface area contributed by atoms with Crippen LogP contribution in [0.5, 0.6) is 0 Å². The van der Waals surface area contributed by atoms with E-state index in [1.165, 1.54) is 0 Å². The normalized spacial score (nSPS) is 35.8. The molecule has 0 radical (unpaired) electrons. The van der Waals surface area contributed by atoms with Crippen LogP contribution in [0.3, 0.4) is 0 Å². The van der Waals surface area contributed by atoms with Crippen molar-refractivity contribution in [2.24, 2.45) is 5.92 Å². The Morgan fingerprint density at radius 1 is 1.58 bits per heavy atom. The molecule has 1 rings (SSSR count). The lowest BCUT2D eigenvalue weighted by atomic mass is 9.99. The van der Waals surface area contributed by atoms with Gasteiger partial charge >= 0.3 is 0 Å². The predicted octanol–water partition coefficient (Wildman–Crippen LogP) is 1.79. The lowest BCUT2D eigenvalue weighted by molar-refractivity contribution is 0.0193. The third-order valence-corrected chi connectivity index (χ3v) is 2.37. The van der Waals surface area contributed by atoms with E-state index in [1.54, 1.807) is 7.11 Å². The highest BCUT2D eigenvalue weighted by Crippen LogP contribution is 2.28. The maximum absolute atomic E-state index is 12.4. The van der Waals surface area contributed by atoms with Crippen LogP contribution in [0.1, 0.15) is 19.8 Å². The minimum absolute atomic E-state index is 0.0740. The van der Waals surface area contributed by atoms with E-state index in [1.807, 2.05) is 6.92 Å². The van der Waals surface area contributed by atoms with E-state index in [0.29, 0.717) is 6.61 Å². The molecule has 0 amide bonds. The molecule has 0 aromatic rings. The van der Waals surface area contributed by atoms with E-state index in [-0.39, 0.29) is 24.8 Å². The molecular weight excluding hydrogens is 159 g/mol. The van der Waals surface area contributed by atoms with Crippen molar-refractivity contribution < 1.29 is 13.9 Å². The molecule has 0 spiro atoms. The standard InChI is InChI=1S/C9H17FO2/c1-7-5-8(6-10)9(12-7)3-4-11-2/h7-9H,3-6H2,1-2H3/t7?,8-,9?/m1/s1. The Bertz CT molecular complexity index is 130. The first-order valence-corrected chi connectivity index (χ1v) is 4.48. The van der Waals surface area contributed by atoms with Crippen LogP contribution >= 0.6 is 0 Å². The Morgan fingerprint density at radius 2 is 2.33 bits per heavy atom. The van der Waals surface area contributed by atoms with Crippen LogP contribution in [0, 0.1) is 5.92 Å². The highest BCUT2D eigenvalue weighted by atomic mass is 19.1. The van der Waals surface area contributed by atoms with Crippen molar-refractivity contribution >= 4 is 0 Å². The Morgan fingerprint density at radius 3 is 2.92 bits per heavy atom. The molecular formula is C9H17FO2. The van der Waals surface area contributed by atoms with E-state index >= 15 is 0 Å². The van der Waals surface area contributed by atoms with Gasteiger partial charge in [0.25, 0.3) is 0 Å². The second-order valence-electron chi connectivity index (χ2n) is 3.42. The highest BCUT2D eigenvalue weighted by Gasteiger charge is 2.32. The Labute approximate surface area is 73.0 Å². The summed E-state index contributed by atoms with van der Waals surface area (Å²) < 4.78 is 22.9. The number of halogens is 1. The van der Waals surface area contributed by atoms with Crippen molar-refractivity contribution in [1.29, 1.82) is 0 Å². The summed E-state index contributed by atoms with van der Waals surface area (Å²) in [5.74, 6) is 0.0927. The molecule has 0 N–H and O–H groups in total. The van der Waals surface area contributed by atoms with Crippen molar-refractivity contribution in [3.05, 3.63) is 0 Å². The van der Waals surface area contributed by atoms with Gasteiger partial charge in [-0.25, -0.2) is 0 Å². The number of rotatable bonds is 4. The van der Waals surface area contributed by atoms with Crippen molar-refractivity contribution in [3.63, 3.8) is 0 Å². The third-order valence-electron chi connectivity index (χ3n) is 2.37. The largest absolute Gasteiger partial charge is 0.385 e. The molecule has 72 valence electrons.